The average molecular weight is 294 g/mol. The van der Waals surface area contributed by atoms with Gasteiger partial charge in [0.2, 0.25) is 0 Å². The molecule has 0 amide bonds. The molecule has 0 aliphatic rings. The molecule has 1 heterocycles. The van der Waals surface area contributed by atoms with Gasteiger partial charge in [0.1, 0.15) is 5.82 Å². The Bertz CT molecular complexity index is 826. The lowest BCUT2D eigenvalue weighted by Crippen LogP contribution is -2.12. The van der Waals surface area contributed by atoms with E-state index in [9.17, 15) is 0 Å². The summed E-state index contributed by atoms with van der Waals surface area (Å²) in [5, 5.41) is 2.62. The molecule has 3 aromatic rings. The lowest BCUT2D eigenvalue weighted by Gasteiger charge is -2.19. The van der Waals surface area contributed by atoms with Gasteiger partial charge >= 0.3 is 0 Å². The van der Waals surface area contributed by atoms with Crippen LogP contribution in [0.25, 0.3) is 21.8 Å². The molecule has 0 radical (unpaired) electrons. The van der Waals surface area contributed by atoms with E-state index in [1.54, 1.807) is 0 Å². The molecule has 0 bridgehead atoms. The van der Waals surface area contributed by atoms with Gasteiger partial charge in [-0.25, -0.2) is 4.98 Å². The molecule has 22 heavy (non-hydrogen) atoms. The minimum Gasteiger partial charge on any atom is -0.341 e. The van der Waals surface area contributed by atoms with Crippen molar-refractivity contribution in [1.82, 2.24) is 9.97 Å². The first-order valence-corrected chi connectivity index (χ1v) is 8.06. The summed E-state index contributed by atoms with van der Waals surface area (Å²) in [6.07, 6.45) is 1.08. The summed E-state index contributed by atoms with van der Waals surface area (Å²) in [5.74, 6) is 1.05. The van der Waals surface area contributed by atoms with Crippen molar-refractivity contribution in [3.8, 4) is 0 Å². The van der Waals surface area contributed by atoms with Crippen LogP contribution in [-0.4, -0.2) is 9.97 Å². The number of nitrogens with zero attached hydrogens (tertiary/aromatic N) is 1. The van der Waals surface area contributed by atoms with Gasteiger partial charge in [-0.2, -0.15) is 0 Å². The molecule has 116 valence electrons. The van der Waals surface area contributed by atoms with E-state index in [0.717, 1.165) is 23.3 Å². The molecule has 0 saturated carbocycles. The number of hydrogen-bond acceptors (Lipinski definition) is 1. The molecule has 0 aliphatic heterocycles. The minimum absolute atomic E-state index is 0.0361. The van der Waals surface area contributed by atoms with Gasteiger partial charge in [0.15, 0.2) is 0 Å². The molecule has 0 fully saturated rings. The first-order valence-electron chi connectivity index (χ1n) is 8.06. The first kappa shape index (κ1) is 15.1. The zero-order chi connectivity index (χ0) is 16.1. The van der Waals surface area contributed by atoms with E-state index in [-0.39, 0.29) is 10.8 Å². The summed E-state index contributed by atoms with van der Waals surface area (Å²) in [7, 11) is 0. The normalized spacial score (nSPS) is 13.2. The topological polar surface area (TPSA) is 28.7 Å². The number of nitrogens with one attached hydrogen (secondary N) is 1. The number of hydrogen-bond donors (Lipinski definition) is 1. The number of benzene rings is 2. The summed E-state index contributed by atoms with van der Waals surface area (Å²) in [5.41, 5.74) is 3.96. The van der Waals surface area contributed by atoms with E-state index in [1.807, 2.05) is 0 Å². The Hall–Kier alpha value is -1.83. The summed E-state index contributed by atoms with van der Waals surface area (Å²) >= 11 is 0. The standard InChI is InChI=1S/C20H26N2/c1-19(2,3)12-13-8-7-9-15-14(13)10-11-16-17(15)22-18(21-16)20(4,5)6/h7-11H,12H2,1-6H3,(H,21,22). The first-order chi connectivity index (χ1) is 10.1. The van der Waals surface area contributed by atoms with Gasteiger partial charge < -0.3 is 4.98 Å². The van der Waals surface area contributed by atoms with Gasteiger partial charge in [0, 0.05) is 10.8 Å². The van der Waals surface area contributed by atoms with Crippen LogP contribution >= 0.6 is 0 Å². The van der Waals surface area contributed by atoms with E-state index in [4.69, 9.17) is 4.98 Å². The Kier molecular flexibility index (Phi) is 3.32. The van der Waals surface area contributed by atoms with Crippen LogP contribution in [0.15, 0.2) is 30.3 Å². The lowest BCUT2D eigenvalue weighted by molar-refractivity contribution is 0.412. The van der Waals surface area contributed by atoms with Gasteiger partial charge in [0.05, 0.1) is 11.0 Å². The van der Waals surface area contributed by atoms with Crippen molar-refractivity contribution in [1.29, 1.82) is 0 Å². The third-order valence-corrected chi connectivity index (χ3v) is 4.04. The largest absolute Gasteiger partial charge is 0.341 e. The van der Waals surface area contributed by atoms with Crippen LogP contribution in [0.4, 0.5) is 0 Å². The Morgan fingerprint density at radius 2 is 1.64 bits per heavy atom. The predicted molar refractivity (Wildman–Crippen MR) is 95.5 cm³/mol. The predicted octanol–water partition coefficient (Wildman–Crippen LogP) is 5.60. The fraction of sp³-hybridized carbons (Fsp3) is 0.450. The molecular weight excluding hydrogens is 268 g/mol. The highest BCUT2D eigenvalue weighted by molar-refractivity contribution is 6.05. The van der Waals surface area contributed by atoms with Crippen molar-refractivity contribution in [3.63, 3.8) is 0 Å². The van der Waals surface area contributed by atoms with E-state index < -0.39 is 0 Å². The maximum atomic E-state index is 4.78. The van der Waals surface area contributed by atoms with Crippen LogP contribution in [-0.2, 0) is 11.8 Å². The molecular formula is C20H26N2. The molecule has 0 unspecified atom stereocenters. The number of aromatic amines is 1. The quantitative estimate of drug-likeness (QED) is 0.621. The maximum absolute atomic E-state index is 4.78. The fourth-order valence-electron chi connectivity index (χ4n) is 2.98. The Labute approximate surface area is 133 Å². The third-order valence-electron chi connectivity index (χ3n) is 4.04. The van der Waals surface area contributed by atoms with Crippen molar-refractivity contribution in [2.45, 2.75) is 53.4 Å². The molecule has 3 rings (SSSR count). The number of H-pyrrole nitrogens is 1. The number of rotatable bonds is 1. The lowest BCUT2D eigenvalue weighted by atomic mass is 9.86. The van der Waals surface area contributed by atoms with Crippen LogP contribution in [0.5, 0.6) is 0 Å². The van der Waals surface area contributed by atoms with Crippen LogP contribution in [0.1, 0.15) is 52.9 Å². The molecule has 0 aliphatic carbocycles. The van der Waals surface area contributed by atoms with Crippen LogP contribution in [0.3, 0.4) is 0 Å². The highest BCUT2D eigenvalue weighted by atomic mass is 14.9. The number of fused-ring (bicyclic) bond motifs is 3. The third kappa shape index (κ3) is 2.75. The zero-order valence-corrected chi connectivity index (χ0v) is 14.5. The van der Waals surface area contributed by atoms with E-state index >= 15 is 0 Å². The zero-order valence-electron chi connectivity index (χ0n) is 14.5. The monoisotopic (exact) mass is 294 g/mol. The SMILES string of the molecule is CC(C)(C)Cc1cccc2c1ccc1nc(C(C)(C)C)[nH]c12. The van der Waals surface area contributed by atoms with Crippen molar-refractivity contribution in [2.75, 3.05) is 0 Å². The van der Waals surface area contributed by atoms with Crippen molar-refractivity contribution in [3.05, 3.63) is 41.7 Å². The average Bonchev–Trinajstić information content (AvgIpc) is 2.81. The minimum atomic E-state index is 0.0361. The second-order valence-corrected chi connectivity index (χ2v) is 8.54. The van der Waals surface area contributed by atoms with Gasteiger partial charge in [0.25, 0.3) is 0 Å². The van der Waals surface area contributed by atoms with Crippen molar-refractivity contribution < 1.29 is 0 Å². The fourth-order valence-corrected chi connectivity index (χ4v) is 2.98. The van der Waals surface area contributed by atoms with E-state index in [1.165, 1.54) is 16.3 Å². The number of aromatic nitrogens is 2. The van der Waals surface area contributed by atoms with Gasteiger partial charge in [-0.3, -0.25) is 0 Å². The van der Waals surface area contributed by atoms with Gasteiger partial charge in [-0.05, 0) is 28.9 Å². The molecule has 1 N–H and O–H groups in total. The van der Waals surface area contributed by atoms with Crippen molar-refractivity contribution in [2.24, 2.45) is 5.41 Å². The summed E-state index contributed by atoms with van der Waals surface area (Å²) in [6, 6.07) is 11.0. The van der Waals surface area contributed by atoms with Gasteiger partial charge in [-0.15, -0.1) is 0 Å². The molecule has 0 saturated heterocycles. The summed E-state index contributed by atoms with van der Waals surface area (Å²) < 4.78 is 0. The van der Waals surface area contributed by atoms with E-state index in [2.05, 4.69) is 76.9 Å². The smallest absolute Gasteiger partial charge is 0.112 e. The Balaban J connectivity index is 2.24. The summed E-state index contributed by atoms with van der Waals surface area (Å²) in [6.45, 7) is 13.4. The van der Waals surface area contributed by atoms with Gasteiger partial charge in [-0.1, -0.05) is 65.8 Å². The molecule has 1 aromatic heterocycles. The second-order valence-electron chi connectivity index (χ2n) is 8.54. The van der Waals surface area contributed by atoms with Crippen LogP contribution < -0.4 is 0 Å². The molecule has 2 nitrogen and oxygen atoms in total. The molecule has 0 atom stereocenters. The number of imidazole rings is 1. The molecule has 0 spiro atoms. The van der Waals surface area contributed by atoms with E-state index in [0.29, 0.717) is 0 Å². The molecule has 2 aromatic carbocycles. The maximum Gasteiger partial charge on any atom is 0.112 e. The van der Waals surface area contributed by atoms with Crippen LogP contribution in [0, 0.1) is 5.41 Å². The Morgan fingerprint density at radius 1 is 0.909 bits per heavy atom. The Morgan fingerprint density at radius 3 is 2.27 bits per heavy atom. The summed E-state index contributed by atoms with van der Waals surface area (Å²) in [4.78, 5) is 8.34. The second kappa shape index (κ2) is 4.84. The molecule has 2 heteroatoms. The van der Waals surface area contributed by atoms with Crippen LogP contribution in [0.2, 0.25) is 0 Å². The highest BCUT2D eigenvalue weighted by Gasteiger charge is 2.20. The van der Waals surface area contributed by atoms with Crippen molar-refractivity contribution >= 4 is 21.8 Å². The highest BCUT2D eigenvalue weighted by Crippen LogP contribution is 2.32.